The average Bonchev–Trinajstić information content (AvgIpc) is 2.58. The molecule has 0 aliphatic rings. The summed E-state index contributed by atoms with van der Waals surface area (Å²) < 4.78 is 10.6. The molecule has 1 atom stereocenters. The third-order valence-electron chi connectivity index (χ3n) is 3.77. The molecule has 2 aromatic carbocycles. The van der Waals surface area contributed by atoms with Crippen LogP contribution in [-0.2, 0) is 0 Å². The molecule has 2 rings (SSSR count). The van der Waals surface area contributed by atoms with Crippen LogP contribution < -0.4 is 20.1 Å². The second-order valence-electron chi connectivity index (χ2n) is 5.34. The van der Waals surface area contributed by atoms with E-state index in [1.807, 2.05) is 32.0 Å². The normalized spacial score (nSPS) is 11.5. The van der Waals surface area contributed by atoms with E-state index in [9.17, 15) is 4.79 Å². The number of nitrogens with one attached hydrogen (secondary N) is 2. The number of urea groups is 1. The van der Waals surface area contributed by atoms with Crippen LogP contribution in [0.1, 0.15) is 24.1 Å². The van der Waals surface area contributed by atoms with Crippen molar-refractivity contribution in [2.45, 2.75) is 19.9 Å². The standard InChI is InChI=1S/C18H21ClN2O3/c1-11-15(19)6-5-7-16(11)21-18(22)20-12(2)14-10-13(23-3)8-9-17(14)24-4/h5-10,12H,1-4H3,(H2,20,21,22)/t12-/m1/s1. The molecule has 0 aliphatic carbocycles. The Balaban J connectivity index is 2.13. The maximum atomic E-state index is 12.3. The first kappa shape index (κ1) is 17.9. The summed E-state index contributed by atoms with van der Waals surface area (Å²) >= 11 is 6.07. The zero-order valence-corrected chi connectivity index (χ0v) is 14.9. The molecule has 0 unspecified atom stereocenters. The van der Waals surface area contributed by atoms with E-state index in [1.54, 1.807) is 32.4 Å². The van der Waals surface area contributed by atoms with Gasteiger partial charge < -0.3 is 20.1 Å². The molecule has 0 radical (unpaired) electrons. The van der Waals surface area contributed by atoms with Crippen LogP contribution in [0.25, 0.3) is 0 Å². The third kappa shape index (κ3) is 4.11. The van der Waals surface area contributed by atoms with Crippen molar-refractivity contribution in [2.24, 2.45) is 0 Å². The van der Waals surface area contributed by atoms with Crippen molar-refractivity contribution in [2.75, 3.05) is 19.5 Å². The van der Waals surface area contributed by atoms with Gasteiger partial charge in [0, 0.05) is 16.3 Å². The fourth-order valence-corrected chi connectivity index (χ4v) is 2.53. The Morgan fingerprint density at radius 2 is 1.92 bits per heavy atom. The predicted octanol–water partition coefficient (Wildman–Crippen LogP) is 4.55. The molecule has 2 N–H and O–H groups in total. The highest BCUT2D eigenvalue weighted by molar-refractivity contribution is 6.31. The zero-order chi connectivity index (χ0) is 17.7. The number of carbonyl (C=O) groups is 1. The lowest BCUT2D eigenvalue weighted by atomic mass is 10.1. The van der Waals surface area contributed by atoms with E-state index in [0.717, 1.165) is 11.1 Å². The average molecular weight is 349 g/mol. The summed E-state index contributed by atoms with van der Waals surface area (Å²) in [5, 5.41) is 6.31. The number of methoxy groups -OCH3 is 2. The molecule has 2 aromatic rings. The van der Waals surface area contributed by atoms with Crippen LogP contribution in [0.4, 0.5) is 10.5 Å². The van der Waals surface area contributed by atoms with Gasteiger partial charge in [-0.05, 0) is 49.7 Å². The van der Waals surface area contributed by atoms with Gasteiger partial charge in [0.2, 0.25) is 0 Å². The minimum atomic E-state index is -0.322. The molecule has 0 heterocycles. The van der Waals surface area contributed by atoms with E-state index < -0.39 is 0 Å². The van der Waals surface area contributed by atoms with Crippen LogP contribution in [0.15, 0.2) is 36.4 Å². The van der Waals surface area contributed by atoms with Crippen molar-refractivity contribution in [3.05, 3.63) is 52.5 Å². The predicted molar refractivity (Wildman–Crippen MR) is 96.3 cm³/mol. The van der Waals surface area contributed by atoms with Crippen molar-refractivity contribution in [3.8, 4) is 11.5 Å². The second kappa shape index (κ2) is 7.93. The highest BCUT2D eigenvalue weighted by Crippen LogP contribution is 2.29. The second-order valence-corrected chi connectivity index (χ2v) is 5.75. The number of amides is 2. The molecule has 0 saturated carbocycles. The van der Waals surface area contributed by atoms with Gasteiger partial charge in [-0.15, -0.1) is 0 Å². The summed E-state index contributed by atoms with van der Waals surface area (Å²) in [5.74, 6) is 1.38. The number of hydrogen-bond donors (Lipinski definition) is 2. The van der Waals surface area contributed by atoms with Gasteiger partial charge in [0.15, 0.2) is 0 Å². The molecular formula is C18H21ClN2O3. The van der Waals surface area contributed by atoms with Crippen LogP contribution >= 0.6 is 11.6 Å². The monoisotopic (exact) mass is 348 g/mol. The lowest BCUT2D eigenvalue weighted by Gasteiger charge is -2.19. The van der Waals surface area contributed by atoms with Crippen molar-refractivity contribution in [3.63, 3.8) is 0 Å². The third-order valence-corrected chi connectivity index (χ3v) is 4.18. The van der Waals surface area contributed by atoms with Gasteiger partial charge in [0.05, 0.1) is 20.3 Å². The summed E-state index contributed by atoms with van der Waals surface area (Å²) in [5.41, 5.74) is 2.32. The molecule has 0 aliphatic heterocycles. The summed E-state index contributed by atoms with van der Waals surface area (Å²) in [6, 6.07) is 10.2. The SMILES string of the molecule is COc1ccc(OC)c([C@@H](C)NC(=O)Nc2cccc(Cl)c2C)c1. The van der Waals surface area contributed by atoms with Crippen molar-refractivity contribution in [1.29, 1.82) is 0 Å². The molecule has 6 heteroatoms. The minimum Gasteiger partial charge on any atom is -0.497 e. The number of rotatable bonds is 5. The van der Waals surface area contributed by atoms with Gasteiger partial charge in [0.1, 0.15) is 11.5 Å². The molecule has 2 amide bonds. The van der Waals surface area contributed by atoms with Gasteiger partial charge in [-0.25, -0.2) is 4.79 Å². The number of anilines is 1. The topological polar surface area (TPSA) is 59.6 Å². The summed E-state index contributed by atoms with van der Waals surface area (Å²) in [7, 11) is 3.19. The lowest BCUT2D eigenvalue weighted by Crippen LogP contribution is -2.31. The highest BCUT2D eigenvalue weighted by atomic mass is 35.5. The van der Waals surface area contributed by atoms with Gasteiger partial charge in [0.25, 0.3) is 0 Å². The molecule has 128 valence electrons. The Hall–Kier alpha value is -2.40. The van der Waals surface area contributed by atoms with E-state index in [4.69, 9.17) is 21.1 Å². The molecule has 0 saturated heterocycles. The smallest absolute Gasteiger partial charge is 0.319 e. The summed E-state index contributed by atoms with van der Waals surface area (Å²) in [6.07, 6.45) is 0. The van der Waals surface area contributed by atoms with Crippen molar-refractivity contribution in [1.82, 2.24) is 5.32 Å². The van der Waals surface area contributed by atoms with Crippen LogP contribution in [0, 0.1) is 6.92 Å². The summed E-state index contributed by atoms with van der Waals surface area (Å²) in [4.78, 5) is 12.3. The van der Waals surface area contributed by atoms with Crippen LogP contribution in [0.5, 0.6) is 11.5 Å². The fraction of sp³-hybridized carbons (Fsp3) is 0.278. The maximum absolute atomic E-state index is 12.3. The Kier molecular flexibility index (Phi) is 5.93. The molecule has 0 bridgehead atoms. The van der Waals surface area contributed by atoms with E-state index in [-0.39, 0.29) is 12.1 Å². The van der Waals surface area contributed by atoms with Crippen molar-refractivity contribution >= 4 is 23.3 Å². The van der Waals surface area contributed by atoms with E-state index >= 15 is 0 Å². The molecule has 24 heavy (non-hydrogen) atoms. The summed E-state index contributed by atoms with van der Waals surface area (Å²) in [6.45, 7) is 3.73. The quantitative estimate of drug-likeness (QED) is 0.833. The Bertz CT molecular complexity index is 734. The van der Waals surface area contributed by atoms with E-state index in [1.165, 1.54) is 0 Å². The Morgan fingerprint density at radius 3 is 2.58 bits per heavy atom. The first-order valence-electron chi connectivity index (χ1n) is 7.50. The van der Waals surface area contributed by atoms with E-state index in [0.29, 0.717) is 22.2 Å². The lowest BCUT2D eigenvalue weighted by molar-refractivity contribution is 0.249. The number of carbonyl (C=O) groups excluding carboxylic acids is 1. The van der Waals surface area contributed by atoms with Crippen molar-refractivity contribution < 1.29 is 14.3 Å². The van der Waals surface area contributed by atoms with Gasteiger partial charge >= 0.3 is 6.03 Å². The van der Waals surface area contributed by atoms with Gasteiger partial charge in [-0.2, -0.15) is 0 Å². The maximum Gasteiger partial charge on any atom is 0.319 e. The Morgan fingerprint density at radius 1 is 1.17 bits per heavy atom. The highest BCUT2D eigenvalue weighted by Gasteiger charge is 2.16. The molecule has 0 spiro atoms. The first-order chi connectivity index (χ1) is 11.5. The molecule has 0 fully saturated rings. The Labute approximate surface area is 146 Å². The van der Waals surface area contributed by atoms with Gasteiger partial charge in [-0.3, -0.25) is 0 Å². The van der Waals surface area contributed by atoms with Crippen LogP contribution in [-0.4, -0.2) is 20.3 Å². The molecule has 0 aromatic heterocycles. The number of hydrogen-bond acceptors (Lipinski definition) is 3. The number of ether oxygens (including phenoxy) is 2. The zero-order valence-electron chi connectivity index (χ0n) is 14.1. The minimum absolute atomic E-state index is 0.269. The molecule has 5 nitrogen and oxygen atoms in total. The largest absolute Gasteiger partial charge is 0.497 e. The van der Waals surface area contributed by atoms with Crippen LogP contribution in [0.2, 0.25) is 5.02 Å². The molecular weight excluding hydrogens is 328 g/mol. The fourth-order valence-electron chi connectivity index (χ4n) is 2.35. The van der Waals surface area contributed by atoms with E-state index in [2.05, 4.69) is 10.6 Å². The number of halogens is 1. The van der Waals surface area contributed by atoms with Crippen LogP contribution in [0.3, 0.4) is 0 Å². The number of benzene rings is 2. The van der Waals surface area contributed by atoms with Gasteiger partial charge in [-0.1, -0.05) is 17.7 Å². The first-order valence-corrected chi connectivity index (χ1v) is 7.88.